The molecular weight excluding hydrogens is 291 g/mol. The minimum absolute atomic E-state index is 0.00759. The molecule has 0 amide bonds. The van der Waals surface area contributed by atoms with Gasteiger partial charge >= 0.3 is 0 Å². The normalized spacial score (nSPS) is 9.57. The van der Waals surface area contributed by atoms with Crippen LogP contribution in [0.25, 0.3) is 0 Å². The van der Waals surface area contributed by atoms with Crippen molar-refractivity contribution in [2.24, 2.45) is 0 Å². The Balaban J connectivity index is 3.28. The van der Waals surface area contributed by atoms with E-state index in [1.54, 1.807) is 12.1 Å². The van der Waals surface area contributed by atoms with E-state index in [1.807, 2.05) is 0 Å². The van der Waals surface area contributed by atoms with Crippen molar-refractivity contribution in [3.8, 4) is 12.1 Å². The van der Waals surface area contributed by atoms with Gasteiger partial charge in [-0.25, -0.2) is 9.97 Å². The van der Waals surface area contributed by atoms with Crippen LogP contribution in [0.4, 0.5) is 0 Å². The average Bonchev–Trinajstić information content (AvgIpc) is 2.16. The molecule has 0 aliphatic rings. The Morgan fingerprint density at radius 1 is 1.14 bits per heavy atom. The summed E-state index contributed by atoms with van der Waals surface area (Å²) >= 11 is 14.4. The molecular formula is C7HBrCl2N4. The smallest absolute Gasteiger partial charge is 0.192 e. The lowest BCUT2D eigenvalue weighted by Crippen LogP contribution is -2.01. The van der Waals surface area contributed by atoms with Crippen LogP contribution < -0.4 is 0 Å². The number of rotatable bonds is 1. The van der Waals surface area contributed by atoms with Gasteiger partial charge in [0.2, 0.25) is 0 Å². The predicted molar refractivity (Wildman–Crippen MR) is 53.7 cm³/mol. The molecule has 0 atom stereocenters. The molecule has 0 aliphatic heterocycles. The summed E-state index contributed by atoms with van der Waals surface area (Å²) in [6.45, 7) is 0. The van der Waals surface area contributed by atoms with Gasteiger partial charge in [-0.2, -0.15) is 10.5 Å². The Labute approximate surface area is 98.2 Å². The minimum atomic E-state index is -1.06. The van der Waals surface area contributed by atoms with Gasteiger partial charge in [0.25, 0.3) is 0 Å². The largest absolute Gasteiger partial charge is 0.217 e. The molecule has 1 aromatic rings. The van der Waals surface area contributed by atoms with Crippen LogP contribution >= 0.6 is 39.1 Å². The van der Waals surface area contributed by atoms with Crippen LogP contribution in [0.15, 0.2) is 4.47 Å². The number of nitrogens with zero attached hydrogens (tertiary/aromatic N) is 4. The standard InChI is InChI=1S/C7HBrCl2N4/c8-4-5(9)13-7(14-6(4)10)3(1-11)2-12/h3H. The molecule has 14 heavy (non-hydrogen) atoms. The maximum Gasteiger partial charge on any atom is 0.192 e. The van der Waals surface area contributed by atoms with Crippen molar-refractivity contribution in [3.63, 3.8) is 0 Å². The van der Waals surface area contributed by atoms with Gasteiger partial charge in [0.1, 0.15) is 10.3 Å². The molecule has 0 saturated carbocycles. The molecule has 1 heterocycles. The van der Waals surface area contributed by atoms with Crippen molar-refractivity contribution in [2.75, 3.05) is 0 Å². The number of halogens is 3. The van der Waals surface area contributed by atoms with E-state index in [1.165, 1.54) is 0 Å². The number of nitriles is 2. The Kier molecular flexibility index (Phi) is 3.65. The highest BCUT2D eigenvalue weighted by molar-refractivity contribution is 9.10. The van der Waals surface area contributed by atoms with Crippen LogP contribution in [0.5, 0.6) is 0 Å². The Hall–Kier alpha value is -0.880. The average molecular weight is 292 g/mol. The van der Waals surface area contributed by atoms with Gasteiger partial charge < -0.3 is 0 Å². The fourth-order valence-corrected chi connectivity index (χ4v) is 1.26. The van der Waals surface area contributed by atoms with Gasteiger partial charge in [0.15, 0.2) is 11.7 Å². The highest BCUT2D eigenvalue weighted by atomic mass is 79.9. The van der Waals surface area contributed by atoms with Crippen molar-refractivity contribution in [2.45, 2.75) is 5.92 Å². The molecule has 70 valence electrons. The molecule has 0 aromatic carbocycles. The summed E-state index contributed by atoms with van der Waals surface area (Å²) in [5.74, 6) is -1.05. The molecule has 0 fully saturated rings. The van der Waals surface area contributed by atoms with E-state index in [4.69, 9.17) is 33.7 Å². The van der Waals surface area contributed by atoms with E-state index in [0.29, 0.717) is 4.47 Å². The highest BCUT2D eigenvalue weighted by Crippen LogP contribution is 2.28. The van der Waals surface area contributed by atoms with Crippen LogP contribution in [0.2, 0.25) is 10.3 Å². The van der Waals surface area contributed by atoms with Crippen molar-refractivity contribution in [1.82, 2.24) is 9.97 Å². The SMILES string of the molecule is N#CC(C#N)c1nc(Cl)c(Br)c(Cl)n1. The molecule has 0 spiro atoms. The summed E-state index contributed by atoms with van der Waals surface area (Å²) in [6.07, 6.45) is 0. The molecule has 0 aliphatic carbocycles. The lowest BCUT2D eigenvalue weighted by Gasteiger charge is -2.02. The molecule has 0 unspecified atom stereocenters. The van der Waals surface area contributed by atoms with Gasteiger partial charge in [-0.05, 0) is 15.9 Å². The fraction of sp³-hybridized carbons (Fsp3) is 0.143. The zero-order chi connectivity index (χ0) is 10.7. The molecule has 4 nitrogen and oxygen atoms in total. The number of hydrogen-bond acceptors (Lipinski definition) is 4. The lowest BCUT2D eigenvalue weighted by molar-refractivity contribution is 0.920. The van der Waals surface area contributed by atoms with Crippen LogP contribution in [-0.2, 0) is 0 Å². The summed E-state index contributed by atoms with van der Waals surface area (Å²) in [7, 11) is 0. The maximum atomic E-state index is 8.58. The third-order valence-corrected chi connectivity index (χ3v) is 3.06. The summed E-state index contributed by atoms with van der Waals surface area (Å²) < 4.78 is 0.346. The van der Waals surface area contributed by atoms with Crippen LogP contribution in [0.3, 0.4) is 0 Å². The second-order valence-electron chi connectivity index (χ2n) is 2.17. The molecule has 0 N–H and O–H groups in total. The minimum Gasteiger partial charge on any atom is -0.217 e. The monoisotopic (exact) mass is 290 g/mol. The Morgan fingerprint density at radius 2 is 1.57 bits per heavy atom. The first-order valence-corrected chi connectivity index (χ1v) is 4.82. The van der Waals surface area contributed by atoms with Crippen LogP contribution in [0, 0.1) is 22.7 Å². The van der Waals surface area contributed by atoms with E-state index in [-0.39, 0.29) is 16.1 Å². The van der Waals surface area contributed by atoms with Crippen molar-refractivity contribution in [1.29, 1.82) is 10.5 Å². The quantitative estimate of drug-likeness (QED) is 0.746. The van der Waals surface area contributed by atoms with Crippen LogP contribution in [-0.4, -0.2) is 9.97 Å². The summed E-state index contributed by atoms with van der Waals surface area (Å²) in [4.78, 5) is 7.51. The first-order valence-electron chi connectivity index (χ1n) is 3.27. The summed E-state index contributed by atoms with van der Waals surface area (Å²) in [5, 5.41) is 17.3. The van der Waals surface area contributed by atoms with E-state index in [0.717, 1.165) is 0 Å². The molecule has 7 heteroatoms. The zero-order valence-corrected chi connectivity index (χ0v) is 9.60. The second kappa shape index (κ2) is 4.56. The van der Waals surface area contributed by atoms with Gasteiger partial charge in [-0.1, -0.05) is 23.2 Å². The van der Waals surface area contributed by atoms with Crippen molar-refractivity contribution in [3.05, 3.63) is 20.6 Å². The van der Waals surface area contributed by atoms with E-state index in [9.17, 15) is 0 Å². The lowest BCUT2D eigenvalue weighted by atomic mass is 10.2. The third-order valence-electron chi connectivity index (χ3n) is 1.30. The predicted octanol–water partition coefficient (Wildman–Crippen LogP) is 2.68. The van der Waals surface area contributed by atoms with E-state index < -0.39 is 5.92 Å². The second-order valence-corrected chi connectivity index (χ2v) is 3.68. The van der Waals surface area contributed by atoms with Gasteiger partial charge in [-0.15, -0.1) is 0 Å². The highest BCUT2D eigenvalue weighted by Gasteiger charge is 2.16. The van der Waals surface area contributed by atoms with E-state index in [2.05, 4.69) is 25.9 Å². The first-order chi connectivity index (χ1) is 6.60. The number of aromatic nitrogens is 2. The topological polar surface area (TPSA) is 73.4 Å². The molecule has 0 saturated heterocycles. The Morgan fingerprint density at radius 3 is 1.93 bits per heavy atom. The van der Waals surface area contributed by atoms with Crippen LogP contribution in [0.1, 0.15) is 11.7 Å². The molecule has 0 radical (unpaired) electrons. The van der Waals surface area contributed by atoms with Gasteiger partial charge in [0.05, 0.1) is 16.6 Å². The van der Waals surface area contributed by atoms with E-state index >= 15 is 0 Å². The van der Waals surface area contributed by atoms with Crippen molar-refractivity contribution >= 4 is 39.1 Å². The third kappa shape index (κ3) is 2.13. The maximum absolute atomic E-state index is 8.58. The molecule has 0 bridgehead atoms. The summed E-state index contributed by atoms with van der Waals surface area (Å²) in [6, 6.07) is 3.45. The summed E-state index contributed by atoms with van der Waals surface area (Å²) in [5.41, 5.74) is 0. The molecule has 1 rings (SSSR count). The molecule has 1 aromatic heterocycles. The Bertz CT molecular complexity index is 411. The number of hydrogen-bond donors (Lipinski definition) is 0. The first kappa shape index (κ1) is 11.2. The van der Waals surface area contributed by atoms with Crippen molar-refractivity contribution < 1.29 is 0 Å². The zero-order valence-electron chi connectivity index (χ0n) is 6.50. The van der Waals surface area contributed by atoms with Gasteiger partial charge in [-0.3, -0.25) is 0 Å². The van der Waals surface area contributed by atoms with Gasteiger partial charge in [0, 0.05) is 0 Å². The fourth-order valence-electron chi connectivity index (χ4n) is 0.683.